The topological polar surface area (TPSA) is 59.2 Å². The van der Waals surface area contributed by atoms with Crippen LogP contribution < -0.4 is 4.74 Å². The standard InChI is InChI=1S/C15H15NO3/c1-7-4-10-9(6-12(7)19-3)13-14(16-10)11(17)5-8(2)15(13)18/h4,6,8,16H,5H2,1-3H3. The smallest absolute Gasteiger partial charge is 0.180 e. The number of nitrogens with one attached hydrogen (secondary N) is 1. The summed E-state index contributed by atoms with van der Waals surface area (Å²) in [6.45, 7) is 3.73. The molecule has 1 atom stereocenters. The average Bonchev–Trinajstić information content (AvgIpc) is 2.73. The fourth-order valence-electron chi connectivity index (χ4n) is 2.73. The number of hydrogen-bond acceptors (Lipinski definition) is 3. The van der Waals surface area contributed by atoms with Gasteiger partial charge in [-0.1, -0.05) is 6.92 Å². The van der Waals surface area contributed by atoms with Crippen molar-refractivity contribution in [3.8, 4) is 5.75 Å². The molecule has 0 fully saturated rings. The minimum Gasteiger partial charge on any atom is -0.496 e. The maximum atomic E-state index is 12.3. The summed E-state index contributed by atoms with van der Waals surface area (Å²) in [5.41, 5.74) is 2.77. The first-order valence-electron chi connectivity index (χ1n) is 6.30. The molecule has 1 aromatic heterocycles. The van der Waals surface area contributed by atoms with E-state index in [2.05, 4.69) is 4.98 Å². The molecule has 1 aliphatic carbocycles. The lowest BCUT2D eigenvalue weighted by molar-refractivity contribution is 0.0834. The number of Topliss-reactive ketones (excluding diaryl/α,β-unsaturated/α-hetero) is 2. The van der Waals surface area contributed by atoms with Gasteiger partial charge in [-0.25, -0.2) is 0 Å². The van der Waals surface area contributed by atoms with Crippen LogP contribution in [0, 0.1) is 12.8 Å². The van der Waals surface area contributed by atoms with E-state index in [1.54, 1.807) is 14.0 Å². The first kappa shape index (κ1) is 12.0. The maximum absolute atomic E-state index is 12.3. The normalized spacial score (nSPS) is 18.8. The molecule has 0 saturated heterocycles. The quantitative estimate of drug-likeness (QED) is 0.854. The van der Waals surface area contributed by atoms with Crippen LogP contribution in [0.25, 0.3) is 10.9 Å². The van der Waals surface area contributed by atoms with Gasteiger partial charge in [0.2, 0.25) is 0 Å². The van der Waals surface area contributed by atoms with E-state index in [0.29, 0.717) is 11.3 Å². The molecule has 1 N–H and O–H groups in total. The monoisotopic (exact) mass is 257 g/mol. The van der Waals surface area contributed by atoms with Gasteiger partial charge >= 0.3 is 0 Å². The second kappa shape index (κ2) is 3.95. The third-order valence-corrected chi connectivity index (χ3v) is 3.78. The molecule has 0 amide bonds. The Bertz CT molecular complexity index is 712. The number of hydrogen-bond donors (Lipinski definition) is 1. The lowest BCUT2D eigenvalue weighted by atomic mass is 9.85. The van der Waals surface area contributed by atoms with E-state index < -0.39 is 0 Å². The summed E-state index contributed by atoms with van der Waals surface area (Å²) < 4.78 is 5.29. The van der Waals surface area contributed by atoms with Gasteiger partial charge in [-0.3, -0.25) is 9.59 Å². The average molecular weight is 257 g/mol. The molecule has 1 aromatic carbocycles. The summed E-state index contributed by atoms with van der Waals surface area (Å²) in [6.07, 6.45) is 0.286. The number of aromatic nitrogens is 1. The molecule has 1 heterocycles. The summed E-state index contributed by atoms with van der Waals surface area (Å²) in [4.78, 5) is 27.4. The number of carbonyl (C=O) groups excluding carboxylic acids is 2. The van der Waals surface area contributed by atoms with Crippen molar-refractivity contribution in [3.63, 3.8) is 0 Å². The lowest BCUT2D eigenvalue weighted by Gasteiger charge is -2.15. The van der Waals surface area contributed by atoms with Crippen molar-refractivity contribution in [1.29, 1.82) is 0 Å². The number of benzene rings is 1. The van der Waals surface area contributed by atoms with Gasteiger partial charge in [0.25, 0.3) is 0 Å². The number of carbonyl (C=O) groups is 2. The van der Waals surface area contributed by atoms with E-state index in [0.717, 1.165) is 22.2 Å². The molecule has 4 nitrogen and oxygen atoms in total. The Kier molecular flexibility index (Phi) is 2.49. The molecule has 1 unspecified atom stereocenters. The minimum absolute atomic E-state index is 0.00919. The van der Waals surface area contributed by atoms with Gasteiger partial charge in [0.05, 0.1) is 18.4 Å². The number of ether oxygens (including phenoxy) is 1. The number of aromatic amines is 1. The van der Waals surface area contributed by atoms with E-state index in [9.17, 15) is 9.59 Å². The van der Waals surface area contributed by atoms with Crippen molar-refractivity contribution in [2.75, 3.05) is 7.11 Å². The molecule has 4 heteroatoms. The third kappa shape index (κ3) is 1.59. The second-order valence-corrected chi connectivity index (χ2v) is 5.14. The summed E-state index contributed by atoms with van der Waals surface area (Å²) in [5, 5.41) is 0.780. The van der Waals surface area contributed by atoms with Crippen molar-refractivity contribution in [3.05, 3.63) is 29.0 Å². The molecule has 0 spiro atoms. The molecule has 0 radical (unpaired) electrons. The molecule has 0 aliphatic heterocycles. The van der Waals surface area contributed by atoms with Crippen LogP contribution in [0.1, 0.15) is 39.8 Å². The Hall–Kier alpha value is -2.10. The molecular weight excluding hydrogens is 242 g/mol. The number of aryl methyl sites for hydroxylation is 1. The highest BCUT2D eigenvalue weighted by Gasteiger charge is 2.33. The zero-order chi connectivity index (χ0) is 13.7. The van der Waals surface area contributed by atoms with Crippen LogP contribution in [-0.4, -0.2) is 23.7 Å². The van der Waals surface area contributed by atoms with Gasteiger partial charge < -0.3 is 9.72 Å². The minimum atomic E-state index is -0.244. The highest BCUT2D eigenvalue weighted by molar-refractivity contribution is 6.21. The van der Waals surface area contributed by atoms with Gasteiger partial charge in [-0.15, -0.1) is 0 Å². The number of rotatable bonds is 1. The van der Waals surface area contributed by atoms with Gasteiger partial charge in [0.1, 0.15) is 5.75 Å². The Morgan fingerprint density at radius 1 is 1.32 bits per heavy atom. The van der Waals surface area contributed by atoms with Crippen LogP contribution in [0.15, 0.2) is 12.1 Å². The zero-order valence-corrected chi connectivity index (χ0v) is 11.2. The predicted octanol–water partition coefficient (Wildman–Crippen LogP) is 2.89. The van der Waals surface area contributed by atoms with E-state index in [-0.39, 0.29) is 23.9 Å². The van der Waals surface area contributed by atoms with Crippen molar-refractivity contribution >= 4 is 22.5 Å². The second-order valence-electron chi connectivity index (χ2n) is 5.14. The largest absolute Gasteiger partial charge is 0.496 e. The first-order valence-corrected chi connectivity index (χ1v) is 6.30. The summed E-state index contributed by atoms with van der Waals surface area (Å²) in [7, 11) is 1.60. The fourth-order valence-corrected chi connectivity index (χ4v) is 2.73. The van der Waals surface area contributed by atoms with Crippen molar-refractivity contribution in [2.45, 2.75) is 20.3 Å². The number of methoxy groups -OCH3 is 1. The van der Waals surface area contributed by atoms with Gasteiger partial charge in [0.15, 0.2) is 11.6 Å². The Labute approximate surface area is 110 Å². The molecule has 3 rings (SSSR count). The molecular formula is C15H15NO3. The van der Waals surface area contributed by atoms with E-state index >= 15 is 0 Å². The Morgan fingerprint density at radius 2 is 2.05 bits per heavy atom. The highest BCUT2D eigenvalue weighted by Crippen LogP contribution is 2.34. The first-order chi connectivity index (χ1) is 9.02. The van der Waals surface area contributed by atoms with E-state index in [1.165, 1.54) is 0 Å². The van der Waals surface area contributed by atoms with E-state index in [1.807, 2.05) is 19.1 Å². The maximum Gasteiger partial charge on any atom is 0.180 e. The zero-order valence-electron chi connectivity index (χ0n) is 11.2. The van der Waals surface area contributed by atoms with Crippen LogP contribution in [0.5, 0.6) is 5.75 Å². The van der Waals surface area contributed by atoms with Crippen molar-refractivity contribution < 1.29 is 14.3 Å². The van der Waals surface area contributed by atoms with Gasteiger partial charge in [-0.05, 0) is 24.6 Å². The third-order valence-electron chi connectivity index (χ3n) is 3.78. The SMILES string of the molecule is COc1cc2c3c([nH]c2cc1C)C(=O)CC(C)C3=O. The van der Waals surface area contributed by atoms with Gasteiger partial charge in [-0.2, -0.15) is 0 Å². The molecule has 19 heavy (non-hydrogen) atoms. The molecule has 2 aromatic rings. The summed E-state index contributed by atoms with van der Waals surface area (Å²) in [6, 6.07) is 3.75. The molecule has 1 aliphatic rings. The van der Waals surface area contributed by atoms with Crippen LogP contribution >= 0.6 is 0 Å². The molecule has 0 bridgehead atoms. The molecule has 0 saturated carbocycles. The van der Waals surface area contributed by atoms with E-state index in [4.69, 9.17) is 4.74 Å². The van der Waals surface area contributed by atoms with Crippen molar-refractivity contribution in [2.24, 2.45) is 5.92 Å². The number of fused-ring (bicyclic) bond motifs is 3. The van der Waals surface area contributed by atoms with Crippen LogP contribution in [0.3, 0.4) is 0 Å². The summed E-state index contributed by atoms with van der Waals surface area (Å²) >= 11 is 0. The number of H-pyrrole nitrogens is 1. The lowest BCUT2D eigenvalue weighted by Crippen LogP contribution is -2.24. The number of ketones is 2. The van der Waals surface area contributed by atoms with Gasteiger partial charge in [0, 0.05) is 23.2 Å². The van der Waals surface area contributed by atoms with Crippen LogP contribution in [-0.2, 0) is 0 Å². The fraction of sp³-hybridized carbons (Fsp3) is 0.333. The predicted molar refractivity (Wildman–Crippen MR) is 72.0 cm³/mol. The van der Waals surface area contributed by atoms with Crippen molar-refractivity contribution in [1.82, 2.24) is 4.98 Å². The Balaban J connectivity index is 2.36. The summed E-state index contributed by atoms with van der Waals surface area (Å²) in [5.74, 6) is 0.528. The molecule has 98 valence electrons. The highest BCUT2D eigenvalue weighted by atomic mass is 16.5. The van der Waals surface area contributed by atoms with Crippen LogP contribution in [0.4, 0.5) is 0 Å². The Morgan fingerprint density at radius 3 is 2.74 bits per heavy atom. The van der Waals surface area contributed by atoms with Crippen LogP contribution in [0.2, 0.25) is 0 Å².